The van der Waals surface area contributed by atoms with Crippen LogP contribution in [0.1, 0.15) is 18.3 Å². The second-order valence-electron chi connectivity index (χ2n) is 4.17. The molecule has 0 saturated carbocycles. The van der Waals surface area contributed by atoms with E-state index in [2.05, 4.69) is 25.8 Å². The molecule has 0 fully saturated rings. The van der Waals surface area contributed by atoms with E-state index in [4.69, 9.17) is 0 Å². The Bertz CT molecular complexity index is 421. The maximum Gasteiger partial charge on any atom is 0.411 e. The van der Waals surface area contributed by atoms with Gasteiger partial charge in [0.25, 0.3) is 0 Å². The first kappa shape index (κ1) is 16.5. The van der Waals surface area contributed by atoms with E-state index in [9.17, 15) is 18.3 Å². The molecule has 0 saturated heterocycles. The van der Waals surface area contributed by atoms with Crippen LogP contribution in [0.2, 0.25) is 0 Å². The van der Waals surface area contributed by atoms with Gasteiger partial charge in [-0.1, -0.05) is 6.92 Å². The predicted molar refractivity (Wildman–Crippen MR) is 66.9 cm³/mol. The fourth-order valence-electron chi connectivity index (χ4n) is 1.63. The van der Waals surface area contributed by atoms with Gasteiger partial charge in [-0.2, -0.15) is 18.3 Å². The molecule has 8 heteroatoms. The van der Waals surface area contributed by atoms with E-state index in [-0.39, 0.29) is 13.0 Å². The number of nitrogens with zero attached hydrogens (tertiary/aromatic N) is 2. The monoisotopic (exact) mass is 344 g/mol. The number of rotatable bonds is 6. The molecule has 0 aliphatic heterocycles. The van der Waals surface area contributed by atoms with Crippen LogP contribution in [0.4, 0.5) is 13.2 Å². The maximum absolute atomic E-state index is 11.9. The summed E-state index contributed by atoms with van der Waals surface area (Å²) in [5.41, 5.74) is 1.58. The van der Waals surface area contributed by atoms with Crippen LogP contribution >= 0.6 is 15.9 Å². The van der Waals surface area contributed by atoms with Gasteiger partial charge in [0.05, 0.1) is 28.6 Å². The van der Waals surface area contributed by atoms with Crippen molar-refractivity contribution in [2.75, 3.05) is 13.2 Å². The smallest absolute Gasteiger partial charge is 0.390 e. The van der Waals surface area contributed by atoms with E-state index in [0.717, 1.165) is 22.3 Å². The Morgan fingerprint density at radius 2 is 2.11 bits per heavy atom. The number of hydrogen-bond acceptors (Lipinski definition) is 3. The quantitative estimate of drug-likeness (QED) is 0.860. The first-order chi connectivity index (χ1) is 8.74. The molecule has 0 radical (unpaired) electrons. The molecule has 1 heterocycles. The maximum atomic E-state index is 11.9. The predicted octanol–water partition coefficient (Wildman–Crippen LogP) is 2.23. The zero-order chi connectivity index (χ0) is 14.6. The highest BCUT2D eigenvalue weighted by Crippen LogP contribution is 2.23. The molecule has 0 amide bonds. The van der Waals surface area contributed by atoms with Crippen molar-refractivity contribution >= 4 is 15.9 Å². The second-order valence-corrected chi connectivity index (χ2v) is 4.97. The van der Waals surface area contributed by atoms with E-state index in [1.54, 1.807) is 11.7 Å². The standard InChI is InChI=1S/C11H16BrF3N2O2/c1-3-8-10(12)9(17(2)16-8)4-7(18)5-19-6-11(13,14)15/h7,18H,3-6H2,1-2H3. The van der Waals surface area contributed by atoms with Gasteiger partial charge in [0.2, 0.25) is 0 Å². The Morgan fingerprint density at radius 3 is 2.58 bits per heavy atom. The van der Waals surface area contributed by atoms with Gasteiger partial charge in [0.15, 0.2) is 0 Å². The van der Waals surface area contributed by atoms with E-state index in [1.165, 1.54) is 0 Å². The highest BCUT2D eigenvalue weighted by Gasteiger charge is 2.28. The Kier molecular flexibility index (Phi) is 5.82. The van der Waals surface area contributed by atoms with Gasteiger partial charge in [-0.25, -0.2) is 0 Å². The lowest BCUT2D eigenvalue weighted by molar-refractivity contribution is -0.179. The highest BCUT2D eigenvalue weighted by molar-refractivity contribution is 9.10. The van der Waals surface area contributed by atoms with Crippen LogP contribution < -0.4 is 0 Å². The molecule has 1 atom stereocenters. The molecule has 1 unspecified atom stereocenters. The lowest BCUT2D eigenvalue weighted by atomic mass is 10.2. The molecule has 0 aromatic carbocycles. The minimum Gasteiger partial charge on any atom is -0.390 e. The molecule has 110 valence electrons. The normalized spacial score (nSPS) is 13.8. The fraction of sp³-hybridized carbons (Fsp3) is 0.727. The van der Waals surface area contributed by atoms with Crippen LogP contribution in [0, 0.1) is 0 Å². The van der Waals surface area contributed by atoms with Gasteiger partial charge in [0, 0.05) is 13.5 Å². The van der Waals surface area contributed by atoms with Gasteiger partial charge in [0.1, 0.15) is 6.61 Å². The first-order valence-electron chi connectivity index (χ1n) is 5.77. The second kappa shape index (κ2) is 6.71. The largest absolute Gasteiger partial charge is 0.411 e. The number of aliphatic hydroxyl groups is 1. The minimum atomic E-state index is -4.37. The molecular formula is C11H16BrF3N2O2. The molecule has 19 heavy (non-hydrogen) atoms. The van der Waals surface area contributed by atoms with Crippen molar-refractivity contribution < 1.29 is 23.0 Å². The topological polar surface area (TPSA) is 47.3 Å². The first-order valence-corrected chi connectivity index (χ1v) is 6.56. The fourth-order valence-corrected chi connectivity index (χ4v) is 2.41. The average Bonchev–Trinajstić information content (AvgIpc) is 2.54. The third-order valence-corrected chi connectivity index (χ3v) is 3.42. The Balaban J connectivity index is 2.53. The molecule has 1 aromatic rings. The average molecular weight is 345 g/mol. The van der Waals surface area contributed by atoms with Crippen molar-refractivity contribution in [2.24, 2.45) is 7.05 Å². The zero-order valence-corrected chi connectivity index (χ0v) is 12.3. The highest BCUT2D eigenvalue weighted by atomic mass is 79.9. The summed E-state index contributed by atoms with van der Waals surface area (Å²) >= 11 is 3.38. The van der Waals surface area contributed by atoms with Gasteiger partial charge < -0.3 is 9.84 Å². The van der Waals surface area contributed by atoms with Crippen LogP contribution in [0.15, 0.2) is 4.47 Å². The van der Waals surface area contributed by atoms with E-state index in [0.29, 0.717) is 0 Å². The van der Waals surface area contributed by atoms with Crippen LogP contribution in [-0.2, 0) is 24.6 Å². The Hall–Kier alpha value is -0.600. The summed E-state index contributed by atoms with van der Waals surface area (Å²) < 4.78 is 42.5. The summed E-state index contributed by atoms with van der Waals surface area (Å²) in [5.74, 6) is 0. The number of aryl methyl sites for hydroxylation is 2. The summed E-state index contributed by atoms with van der Waals surface area (Å²) in [7, 11) is 1.72. The number of aromatic nitrogens is 2. The lowest BCUT2D eigenvalue weighted by Crippen LogP contribution is -2.24. The van der Waals surface area contributed by atoms with Crippen LogP contribution in [0.25, 0.3) is 0 Å². The number of aliphatic hydroxyl groups excluding tert-OH is 1. The van der Waals surface area contributed by atoms with Crippen molar-refractivity contribution in [3.8, 4) is 0 Å². The zero-order valence-electron chi connectivity index (χ0n) is 10.7. The number of halogens is 4. The van der Waals surface area contributed by atoms with Crippen LogP contribution in [0.3, 0.4) is 0 Å². The molecule has 1 aromatic heterocycles. The number of ether oxygens (including phenoxy) is 1. The molecule has 0 aliphatic carbocycles. The van der Waals surface area contributed by atoms with Crippen molar-refractivity contribution in [3.05, 3.63) is 15.9 Å². The van der Waals surface area contributed by atoms with Crippen molar-refractivity contribution in [2.45, 2.75) is 32.0 Å². The minimum absolute atomic E-state index is 0.182. The molecular weight excluding hydrogens is 329 g/mol. The Morgan fingerprint density at radius 1 is 1.47 bits per heavy atom. The number of hydrogen-bond donors (Lipinski definition) is 1. The molecule has 0 aliphatic rings. The molecule has 4 nitrogen and oxygen atoms in total. The van der Waals surface area contributed by atoms with Gasteiger partial charge >= 0.3 is 6.18 Å². The number of alkyl halides is 3. The van der Waals surface area contributed by atoms with Crippen molar-refractivity contribution in [1.29, 1.82) is 0 Å². The SMILES string of the molecule is CCc1nn(C)c(CC(O)COCC(F)(F)F)c1Br. The lowest BCUT2D eigenvalue weighted by Gasteiger charge is -2.13. The van der Waals surface area contributed by atoms with E-state index >= 15 is 0 Å². The van der Waals surface area contributed by atoms with Gasteiger partial charge in [-0.15, -0.1) is 0 Å². The Labute approximate surface area is 117 Å². The van der Waals surface area contributed by atoms with Crippen molar-refractivity contribution in [1.82, 2.24) is 9.78 Å². The van der Waals surface area contributed by atoms with E-state index in [1.807, 2.05) is 6.92 Å². The summed E-state index contributed by atoms with van der Waals surface area (Å²) in [5, 5.41) is 13.9. The summed E-state index contributed by atoms with van der Waals surface area (Å²) in [4.78, 5) is 0. The summed E-state index contributed by atoms with van der Waals surface area (Å²) in [6.45, 7) is 0.231. The summed E-state index contributed by atoms with van der Waals surface area (Å²) in [6.07, 6.45) is -4.46. The van der Waals surface area contributed by atoms with Crippen LogP contribution in [0.5, 0.6) is 0 Å². The third kappa shape index (κ3) is 5.12. The van der Waals surface area contributed by atoms with Crippen LogP contribution in [-0.4, -0.2) is 40.4 Å². The molecule has 0 spiro atoms. The summed E-state index contributed by atoms with van der Waals surface area (Å²) in [6, 6.07) is 0. The van der Waals surface area contributed by atoms with Gasteiger partial charge in [-0.3, -0.25) is 4.68 Å². The van der Waals surface area contributed by atoms with E-state index < -0.39 is 18.9 Å². The molecule has 0 bridgehead atoms. The third-order valence-electron chi connectivity index (χ3n) is 2.51. The van der Waals surface area contributed by atoms with Crippen molar-refractivity contribution in [3.63, 3.8) is 0 Å². The molecule has 1 rings (SSSR count). The van der Waals surface area contributed by atoms with Gasteiger partial charge in [-0.05, 0) is 22.4 Å². The molecule has 1 N–H and O–H groups in total.